The Balaban J connectivity index is 1.72. The number of unbranched alkanes of at least 4 members (excludes halogenated alkanes) is 3. The van der Waals surface area contributed by atoms with Crippen LogP contribution in [0.3, 0.4) is 0 Å². The molecule has 2 aliphatic carbocycles. The zero-order valence-corrected chi connectivity index (χ0v) is 14.2. The maximum Gasteiger partial charge on any atom is 0.0431 e. The molecule has 0 radical (unpaired) electrons. The van der Waals surface area contributed by atoms with Crippen LogP contribution in [-0.2, 0) is 0 Å². The van der Waals surface area contributed by atoms with Crippen LogP contribution in [0.2, 0.25) is 0 Å². The average molecular weight is 296 g/mol. The van der Waals surface area contributed by atoms with Gasteiger partial charge in [0.15, 0.2) is 0 Å². The number of rotatable bonds is 10. The number of aliphatic hydroxyl groups excluding tert-OH is 1. The average Bonchev–Trinajstić information content (AvgIpc) is 3.11. The lowest BCUT2D eigenvalue weighted by atomic mass is 9.96. The molecule has 2 atom stereocenters. The van der Waals surface area contributed by atoms with Gasteiger partial charge in [0.2, 0.25) is 0 Å². The first-order valence-electron chi connectivity index (χ1n) is 9.63. The van der Waals surface area contributed by atoms with Gasteiger partial charge in [-0.2, -0.15) is 0 Å². The first kappa shape index (κ1) is 17.3. The van der Waals surface area contributed by atoms with E-state index in [-0.39, 0.29) is 0 Å². The monoisotopic (exact) mass is 295 g/mol. The quantitative estimate of drug-likeness (QED) is 0.601. The molecule has 2 aliphatic rings. The van der Waals surface area contributed by atoms with E-state index in [1.165, 1.54) is 83.8 Å². The summed E-state index contributed by atoms with van der Waals surface area (Å²) in [4.78, 5) is 2.81. The minimum absolute atomic E-state index is 0.366. The summed E-state index contributed by atoms with van der Waals surface area (Å²) in [6, 6.07) is 0. The van der Waals surface area contributed by atoms with E-state index in [2.05, 4.69) is 11.8 Å². The van der Waals surface area contributed by atoms with Gasteiger partial charge in [0.25, 0.3) is 0 Å². The summed E-state index contributed by atoms with van der Waals surface area (Å²) in [6.45, 7) is 6.85. The number of nitrogens with zero attached hydrogens (tertiary/aromatic N) is 1. The van der Waals surface area contributed by atoms with Crippen LogP contribution in [0, 0.1) is 17.8 Å². The van der Waals surface area contributed by atoms with Crippen LogP contribution in [0.25, 0.3) is 0 Å². The Kier molecular flexibility index (Phi) is 8.10. The van der Waals surface area contributed by atoms with Gasteiger partial charge < -0.3 is 10.0 Å². The molecule has 1 N–H and O–H groups in total. The predicted octanol–water partition coefficient (Wildman–Crippen LogP) is 4.47. The Morgan fingerprint density at radius 1 is 0.857 bits per heavy atom. The van der Waals surface area contributed by atoms with Crippen molar-refractivity contribution in [1.82, 2.24) is 4.90 Å². The first-order chi connectivity index (χ1) is 10.3. The van der Waals surface area contributed by atoms with E-state index in [1.54, 1.807) is 0 Å². The summed E-state index contributed by atoms with van der Waals surface area (Å²) in [6.07, 6.45) is 15.1. The summed E-state index contributed by atoms with van der Waals surface area (Å²) in [5.41, 5.74) is 0. The Hall–Kier alpha value is -0.0800. The van der Waals surface area contributed by atoms with E-state index in [9.17, 15) is 0 Å². The van der Waals surface area contributed by atoms with Crippen molar-refractivity contribution < 1.29 is 5.11 Å². The topological polar surface area (TPSA) is 23.5 Å². The zero-order chi connectivity index (χ0) is 14.9. The maximum absolute atomic E-state index is 8.87. The summed E-state index contributed by atoms with van der Waals surface area (Å²) >= 11 is 0. The van der Waals surface area contributed by atoms with E-state index in [4.69, 9.17) is 5.11 Å². The molecular formula is C19H37NO. The lowest BCUT2D eigenvalue weighted by Gasteiger charge is -2.30. The molecule has 21 heavy (non-hydrogen) atoms. The fourth-order valence-corrected chi connectivity index (χ4v) is 4.44. The number of hydrogen-bond donors (Lipinski definition) is 1. The zero-order valence-electron chi connectivity index (χ0n) is 14.2. The van der Waals surface area contributed by atoms with Crippen LogP contribution in [0.5, 0.6) is 0 Å². The van der Waals surface area contributed by atoms with Crippen molar-refractivity contribution in [2.45, 2.75) is 77.6 Å². The molecule has 124 valence electrons. The fraction of sp³-hybridized carbons (Fsp3) is 1.00. The van der Waals surface area contributed by atoms with E-state index < -0.39 is 0 Å². The van der Waals surface area contributed by atoms with Crippen molar-refractivity contribution in [1.29, 1.82) is 0 Å². The Bertz CT molecular complexity index is 262. The highest BCUT2D eigenvalue weighted by Gasteiger charge is 2.26. The Morgan fingerprint density at radius 3 is 2.29 bits per heavy atom. The van der Waals surface area contributed by atoms with Gasteiger partial charge in [-0.25, -0.2) is 0 Å². The highest BCUT2D eigenvalue weighted by molar-refractivity contribution is 4.79. The van der Waals surface area contributed by atoms with Gasteiger partial charge in [0.1, 0.15) is 0 Å². The SMILES string of the molecule is CC1CCCC1CN(CCCCCCO)CC1CCCC1. The minimum Gasteiger partial charge on any atom is -0.396 e. The maximum atomic E-state index is 8.87. The standard InChI is InChI=1S/C19H37NO/c1-17-9-8-12-19(17)16-20(13-6-2-3-7-14-21)15-18-10-4-5-11-18/h17-19,21H,2-16H2,1H3. The molecular weight excluding hydrogens is 258 g/mol. The Labute approximate surface area is 132 Å². The molecule has 2 saturated carbocycles. The van der Waals surface area contributed by atoms with Gasteiger partial charge in [-0.3, -0.25) is 0 Å². The predicted molar refractivity (Wildman–Crippen MR) is 90.5 cm³/mol. The normalized spacial score (nSPS) is 27.0. The van der Waals surface area contributed by atoms with Crippen LogP contribution in [0.4, 0.5) is 0 Å². The third-order valence-corrected chi connectivity index (χ3v) is 5.91. The summed E-state index contributed by atoms with van der Waals surface area (Å²) in [5.74, 6) is 2.90. The molecule has 0 aliphatic heterocycles. The first-order valence-corrected chi connectivity index (χ1v) is 9.63. The fourth-order valence-electron chi connectivity index (χ4n) is 4.44. The van der Waals surface area contributed by atoms with Gasteiger partial charge in [0.05, 0.1) is 0 Å². The summed E-state index contributed by atoms with van der Waals surface area (Å²) in [5, 5.41) is 8.87. The summed E-state index contributed by atoms with van der Waals surface area (Å²) < 4.78 is 0. The second-order valence-electron chi connectivity index (χ2n) is 7.72. The number of aliphatic hydroxyl groups is 1. The minimum atomic E-state index is 0.366. The van der Waals surface area contributed by atoms with Crippen molar-refractivity contribution >= 4 is 0 Å². The highest BCUT2D eigenvalue weighted by atomic mass is 16.2. The molecule has 0 spiro atoms. The molecule has 0 saturated heterocycles. The van der Waals surface area contributed by atoms with Crippen molar-refractivity contribution in [3.8, 4) is 0 Å². The third-order valence-electron chi connectivity index (χ3n) is 5.91. The van der Waals surface area contributed by atoms with Crippen LogP contribution < -0.4 is 0 Å². The van der Waals surface area contributed by atoms with Gasteiger partial charge in [0, 0.05) is 19.7 Å². The van der Waals surface area contributed by atoms with E-state index in [0.29, 0.717) is 6.61 Å². The third kappa shape index (κ3) is 6.28. The van der Waals surface area contributed by atoms with Crippen molar-refractivity contribution in [2.75, 3.05) is 26.2 Å². The van der Waals surface area contributed by atoms with Crippen LogP contribution in [0.1, 0.15) is 77.6 Å². The van der Waals surface area contributed by atoms with Crippen LogP contribution in [-0.4, -0.2) is 36.2 Å². The molecule has 2 unspecified atom stereocenters. The lowest BCUT2D eigenvalue weighted by molar-refractivity contribution is 0.179. The second kappa shape index (κ2) is 9.84. The lowest BCUT2D eigenvalue weighted by Crippen LogP contribution is -2.35. The second-order valence-corrected chi connectivity index (χ2v) is 7.72. The van der Waals surface area contributed by atoms with Gasteiger partial charge in [-0.15, -0.1) is 0 Å². The van der Waals surface area contributed by atoms with Crippen LogP contribution >= 0.6 is 0 Å². The van der Waals surface area contributed by atoms with Crippen molar-refractivity contribution in [3.05, 3.63) is 0 Å². The molecule has 0 aromatic heterocycles. The molecule has 2 nitrogen and oxygen atoms in total. The molecule has 0 aromatic rings. The molecule has 2 rings (SSSR count). The molecule has 0 amide bonds. The van der Waals surface area contributed by atoms with Gasteiger partial charge in [-0.1, -0.05) is 45.4 Å². The molecule has 2 fully saturated rings. The smallest absolute Gasteiger partial charge is 0.0431 e. The van der Waals surface area contributed by atoms with Gasteiger partial charge >= 0.3 is 0 Å². The van der Waals surface area contributed by atoms with Crippen molar-refractivity contribution in [3.63, 3.8) is 0 Å². The van der Waals surface area contributed by atoms with Gasteiger partial charge in [-0.05, 0) is 56.4 Å². The van der Waals surface area contributed by atoms with E-state index in [0.717, 1.165) is 24.2 Å². The molecule has 0 aromatic carbocycles. The molecule has 0 heterocycles. The molecule has 0 bridgehead atoms. The van der Waals surface area contributed by atoms with Crippen molar-refractivity contribution in [2.24, 2.45) is 17.8 Å². The summed E-state index contributed by atoms with van der Waals surface area (Å²) in [7, 11) is 0. The number of hydrogen-bond acceptors (Lipinski definition) is 2. The van der Waals surface area contributed by atoms with Crippen LogP contribution in [0.15, 0.2) is 0 Å². The largest absolute Gasteiger partial charge is 0.396 e. The Morgan fingerprint density at radius 2 is 1.62 bits per heavy atom. The van der Waals surface area contributed by atoms with E-state index in [1.807, 2.05) is 0 Å². The molecule has 2 heteroatoms. The highest BCUT2D eigenvalue weighted by Crippen LogP contribution is 2.33. The van der Waals surface area contributed by atoms with E-state index >= 15 is 0 Å².